The second kappa shape index (κ2) is 7.19. The third kappa shape index (κ3) is 3.99. The lowest BCUT2D eigenvalue weighted by Crippen LogP contribution is -2.41. The van der Waals surface area contributed by atoms with Crippen LogP contribution in [-0.2, 0) is 0 Å². The maximum absolute atomic E-state index is 12.1. The molecule has 1 saturated carbocycles. The molecule has 5 heteroatoms. The Kier molecular flexibility index (Phi) is 5.27. The standard InChI is InChI=1S/C14H21N3O2/c18-7-6-13(11-4-2-1-3-5-11)17-14(19)12-8-15-10-16-9-12/h8-11,13,18H,1-7H2,(H,17,19). The first kappa shape index (κ1) is 13.9. The van der Waals surface area contributed by atoms with Gasteiger partial charge in [0.1, 0.15) is 6.33 Å². The van der Waals surface area contributed by atoms with Crippen LogP contribution in [0.4, 0.5) is 0 Å². The van der Waals surface area contributed by atoms with Crippen LogP contribution in [0.25, 0.3) is 0 Å². The van der Waals surface area contributed by atoms with Gasteiger partial charge < -0.3 is 10.4 Å². The van der Waals surface area contributed by atoms with Gasteiger partial charge in [0.15, 0.2) is 0 Å². The zero-order valence-electron chi connectivity index (χ0n) is 11.1. The van der Waals surface area contributed by atoms with E-state index in [1.54, 1.807) is 0 Å². The molecule has 1 aliphatic carbocycles. The van der Waals surface area contributed by atoms with E-state index in [4.69, 9.17) is 0 Å². The van der Waals surface area contributed by atoms with E-state index in [-0.39, 0.29) is 18.6 Å². The normalized spacial score (nSPS) is 17.9. The zero-order chi connectivity index (χ0) is 13.5. The quantitative estimate of drug-likeness (QED) is 0.845. The second-order valence-electron chi connectivity index (χ2n) is 5.12. The summed E-state index contributed by atoms with van der Waals surface area (Å²) in [6.07, 6.45) is 11.0. The van der Waals surface area contributed by atoms with Crippen molar-refractivity contribution in [3.05, 3.63) is 24.3 Å². The highest BCUT2D eigenvalue weighted by atomic mass is 16.3. The summed E-state index contributed by atoms with van der Waals surface area (Å²) in [5, 5.41) is 12.2. The molecule has 2 N–H and O–H groups in total. The van der Waals surface area contributed by atoms with Gasteiger partial charge in [0.05, 0.1) is 5.56 Å². The van der Waals surface area contributed by atoms with Gasteiger partial charge in [-0.05, 0) is 25.2 Å². The third-order valence-electron chi connectivity index (χ3n) is 3.80. The van der Waals surface area contributed by atoms with Crippen LogP contribution in [0, 0.1) is 5.92 Å². The molecular weight excluding hydrogens is 242 g/mol. The van der Waals surface area contributed by atoms with Crippen LogP contribution in [0.15, 0.2) is 18.7 Å². The van der Waals surface area contributed by atoms with Crippen LogP contribution in [-0.4, -0.2) is 33.6 Å². The van der Waals surface area contributed by atoms with Gasteiger partial charge in [-0.25, -0.2) is 9.97 Å². The molecule has 5 nitrogen and oxygen atoms in total. The van der Waals surface area contributed by atoms with Crippen molar-refractivity contribution in [1.29, 1.82) is 0 Å². The van der Waals surface area contributed by atoms with Gasteiger partial charge in [0.2, 0.25) is 0 Å². The maximum atomic E-state index is 12.1. The number of hydrogen-bond acceptors (Lipinski definition) is 4. The van der Waals surface area contributed by atoms with Gasteiger partial charge in [0.25, 0.3) is 5.91 Å². The van der Waals surface area contributed by atoms with Gasteiger partial charge in [-0.1, -0.05) is 19.3 Å². The molecule has 0 spiro atoms. The Morgan fingerprint density at radius 2 is 2.00 bits per heavy atom. The highest BCUT2D eigenvalue weighted by molar-refractivity contribution is 5.93. The molecule has 0 saturated heterocycles. The van der Waals surface area contributed by atoms with Gasteiger partial charge in [0, 0.05) is 25.0 Å². The van der Waals surface area contributed by atoms with Crippen molar-refractivity contribution in [3.63, 3.8) is 0 Å². The number of aliphatic hydroxyl groups is 1. The first-order valence-electron chi connectivity index (χ1n) is 6.98. The number of hydrogen-bond donors (Lipinski definition) is 2. The van der Waals surface area contributed by atoms with Gasteiger partial charge in [-0.3, -0.25) is 4.79 Å². The SMILES string of the molecule is O=C(NC(CCO)C1CCCCC1)c1cncnc1. The van der Waals surface area contributed by atoms with Gasteiger partial charge >= 0.3 is 0 Å². The smallest absolute Gasteiger partial charge is 0.254 e. The summed E-state index contributed by atoms with van der Waals surface area (Å²) in [4.78, 5) is 19.8. The Labute approximate surface area is 113 Å². The van der Waals surface area contributed by atoms with E-state index in [1.807, 2.05) is 0 Å². The third-order valence-corrected chi connectivity index (χ3v) is 3.80. The maximum Gasteiger partial charge on any atom is 0.254 e. The molecule has 1 atom stereocenters. The van der Waals surface area contributed by atoms with E-state index < -0.39 is 0 Å². The van der Waals surface area contributed by atoms with Crippen LogP contribution < -0.4 is 5.32 Å². The molecule has 0 aliphatic heterocycles. The number of nitrogens with one attached hydrogen (secondary N) is 1. The first-order chi connectivity index (χ1) is 9.31. The van der Waals surface area contributed by atoms with Crippen LogP contribution in [0.2, 0.25) is 0 Å². The fraction of sp³-hybridized carbons (Fsp3) is 0.643. The Morgan fingerprint density at radius 3 is 2.63 bits per heavy atom. The van der Waals surface area contributed by atoms with Crippen molar-refractivity contribution >= 4 is 5.91 Å². The van der Waals surface area contributed by atoms with Crippen LogP contribution in [0.5, 0.6) is 0 Å². The molecule has 1 heterocycles. The van der Waals surface area contributed by atoms with E-state index in [0.29, 0.717) is 17.9 Å². The van der Waals surface area contributed by atoms with E-state index in [9.17, 15) is 9.90 Å². The molecule has 1 aromatic heterocycles. The number of aliphatic hydroxyl groups excluding tert-OH is 1. The molecule has 2 rings (SSSR count). The molecular formula is C14H21N3O2. The fourth-order valence-corrected chi connectivity index (χ4v) is 2.77. The predicted octanol–water partition coefficient (Wildman–Crippen LogP) is 1.54. The number of carbonyl (C=O) groups is 1. The number of rotatable bonds is 5. The summed E-state index contributed by atoms with van der Waals surface area (Å²) in [6, 6.07) is 0.0537. The van der Waals surface area contributed by atoms with E-state index in [2.05, 4.69) is 15.3 Å². The Morgan fingerprint density at radius 1 is 1.32 bits per heavy atom. The summed E-state index contributed by atoms with van der Waals surface area (Å²) in [5.74, 6) is 0.333. The molecule has 0 bridgehead atoms. The molecule has 19 heavy (non-hydrogen) atoms. The van der Waals surface area contributed by atoms with Crippen LogP contribution >= 0.6 is 0 Å². The summed E-state index contributed by atoms with van der Waals surface area (Å²) < 4.78 is 0. The number of carbonyl (C=O) groups excluding carboxylic acids is 1. The Balaban J connectivity index is 1.97. The zero-order valence-corrected chi connectivity index (χ0v) is 11.1. The van der Waals surface area contributed by atoms with E-state index >= 15 is 0 Å². The molecule has 1 aliphatic rings. The van der Waals surface area contributed by atoms with Crippen molar-refractivity contribution in [3.8, 4) is 0 Å². The minimum absolute atomic E-state index is 0.0537. The Hall–Kier alpha value is -1.49. The minimum Gasteiger partial charge on any atom is -0.396 e. The molecule has 1 fully saturated rings. The van der Waals surface area contributed by atoms with Crippen LogP contribution in [0.1, 0.15) is 48.9 Å². The van der Waals surface area contributed by atoms with E-state index in [1.165, 1.54) is 38.0 Å². The molecule has 1 amide bonds. The minimum atomic E-state index is -0.148. The van der Waals surface area contributed by atoms with Gasteiger partial charge in [-0.2, -0.15) is 0 Å². The molecule has 1 unspecified atom stereocenters. The largest absolute Gasteiger partial charge is 0.396 e. The second-order valence-corrected chi connectivity index (χ2v) is 5.12. The summed E-state index contributed by atoms with van der Waals surface area (Å²) >= 11 is 0. The van der Waals surface area contributed by atoms with Crippen molar-refractivity contribution in [2.75, 3.05) is 6.61 Å². The predicted molar refractivity (Wildman–Crippen MR) is 71.6 cm³/mol. The average molecular weight is 263 g/mol. The Bertz CT molecular complexity index is 391. The molecule has 1 aromatic rings. The molecule has 0 radical (unpaired) electrons. The first-order valence-corrected chi connectivity index (χ1v) is 6.98. The average Bonchev–Trinajstić information content (AvgIpc) is 2.48. The van der Waals surface area contributed by atoms with Crippen LogP contribution in [0.3, 0.4) is 0 Å². The molecule has 104 valence electrons. The highest BCUT2D eigenvalue weighted by Crippen LogP contribution is 2.27. The number of nitrogens with zero attached hydrogens (tertiary/aromatic N) is 2. The highest BCUT2D eigenvalue weighted by Gasteiger charge is 2.25. The summed E-state index contributed by atoms with van der Waals surface area (Å²) in [7, 11) is 0. The van der Waals surface area contributed by atoms with Crippen molar-refractivity contribution in [2.24, 2.45) is 5.92 Å². The number of aromatic nitrogens is 2. The van der Waals surface area contributed by atoms with E-state index in [0.717, 1.165) is 12.8 Å². The lowest BCUT2D eigenvalue weighted by Gasteiger charge is -2.30. The lowest BCUT2D eigenvalue weighted by molar-refractivity contribution is 0.0899. The lowest BCUT2D eigenvalue weighted by atomic mass is 9.82. The topological polar surface area (TPSA) is 75.1 Å². The monoisotopic (exact) mass is 263 g/mol. The fourth-order valence-electron chi connectivity index (χ4n) is 2.77. The van der Waals surface area contributed by atoms with Crippen molar-refractivity contribution in [1.82, 2.24) is 15.3 Å². The molecule has 0 aromatic carbocycles. The van der Waals surface area contributed by atoms with Crippen molar-refractivity contribution in [2.45, 2.75) is 44.6 Å². The number of amides is 1. The van der Waals surface area contributed by atoms with Crippen molar-refractivity contribution < 1.29 is 9.90 Å². The van der Waals surface area contributed by atoms with Gasteiger partial charge in [-0.15, -0.1) is 0 Å². The summed E-state index contributed by atoms with van der Waals surface area (Å²) in [5.41, 5.74) is 0.473. The summed E-state index contributed by atoms with van der Waals surface area (Å²) in [6.45, 7) is 0.104.